The minimum absolute atomic E-state index is 0.0211. The van der Waals surface area contributed by atoms with Crippen LogP contribution in [0.3, 0.4) is 0 Å². The van der Waals surface area contributed by atoms with Crippen molar-refractivity contribution in [1.29, 1.82) is 0 Å². The van der Waals surface area contributed by atoms with Crippen LogP contribution in [0.4, 0.5) is 13.9 Å². The average Bonchev–Trinajstić information content (AvgIpc) is 3.37. The Morgan fingerprint density at radius 2 is 1.81 bits per heavy atom. The summed E-state index contributed by atoms with van der Waals surface area (Å²) in [5, 5.41) is 11.3. The SMILES string of the molecule is Cc1cccc(C2/C(=C(\O)c3ccc(OC(C)C)cc3)C(=O)C(=O)N2c2nc3c(F)cc(F)cc3s2)c1. The Kier molecular flexibility index (Phi) is 6.25. The van der Waals surface area contributed by atoms with Gasteiger partial charge in [-0.2, -0.15) is 0 Å². The number of Topliss-reactive ketones (excluding diaryl/α,β-unsaturated/α-hetero) is 1. The number of hydrogen-bond acceptors (Lipinski definition) is 6. The maximum atomic E-state index is 14.4. The number of aryl methyl sites for hydroxylation is 1. The first-order chi connectivity index (χ1) is 17.6. The number of carbonyl (C=O) groups excluding carboxylic acids is 2. The standard InChI is InChI=1S/C28H22F2N2O4S/c1-14(2)36-19-9-7-16(8-10-19)25(33)22-24(17-6-4-5-15(3)11-17)32(27(35)26(22)34)28-31-23-20(30)12-18(29)13-21(23)37-28/h4-14,24,33H,1-3H3/b25-22+. The summed E-state index contributed by atoms with van der Waals surface area (Å²) in [5.74, 6) is -3.25. The van der Waals surface area contributed by atoms with Crippen LogP contribution in [0.25, 0.3) is 16.0 Å². The molecule has 1 fully saturated rings. The lowest BCUT2D eigenvalue weighted by atomic mass is 9.94. The number of aromatic nitrogens is 1. The Labute approximate surface area is 215 Å². The molecule has 37 heavy (non-hydrogen) atoms. The van der Waals surface area contributed by atoms with E-state index in [9.17, 15) is 23.5 Å². The van der Waals surface area contributed by atoms with Crippen LogP contribution < -0.4 is 9.64 Å². The predicted molar refractivity (Wildman–Crippen MR) is 138 cm³/mol. The molecule has 3 aromatic carbocycles. The highest BCUT2D eigenvalue weighted by Gasteiger charge is 2.48. The lowest BCUT2D eigenvalue weighted by molar-refractivity contribution is -0.132. The van der Waals surface area contributed by atoms with Crippen LogP contribution in [0.2, 0.25) is 0 Å². The van der Waals surface area contributed by atoms with E-state index >= 15 is 0 Å². The third-order valence-electron chi connectivity index (χ3n) is 5.91. The van der Waals surface area contributed by atoms with E-state index in [-0.39, 0.29) is 32.8 Å². The maximum absolute atomic E-state index is 14.4. The zero-order valence-electron chi connectivity index (χ0n) is 20.2. The number of hydrogen-bond donors (Lipinski definition) is 1. The highest BCUT2D eigenvalue weighted by molar-refractivity contribution is 7.22. The smallest absolute Gasteiger partial charge is 0.301 e. The molecule has 1 amide bonds. The molecule has 9 heteroatoms. The van der Waals surface area contributed by atoms with Gasteiger partial charge in [-0.1, -0.05) is 41.2 Å². The summed E-state index contributed by atoms with van der Waals surface area (Å²) in [7, 11) is 0. The summed E-state index contributed by atoms with van der Waals surface area (Å²) >= 11 is 0.889. The Morgan fingerprint density at radius 3 is 2.49 bits per heavy atom. The first-order valence-electron chi connectivity index (χ1n) is 11.5. The molecule has 0 bridgehead atoms. The molecule has 1 unspecified atom stereocenters. The zero-order valence-corrected chi connectivity index (χ0v) is 21.0. The van der Waals surface area contributed by atoms with E-state index in [4.69, 9.17) is 4.74 Å². The molecule has 0 spiro atoms. The molecule has 1 saturated heterocycles. The third kappa shape index (κ3) is 4.46. The number of halogens is 2. The van der Waals surface area contributed by atoms with Crippen LogP contribution in [0.1, 0.15) is 36.6 Å². The van der Waals surface area contributed by atoms with Crippen molar-refractivity contribution in [2.45, 2.75) is 32.9 Å². The summed E-state index contributed by atoms with van der Waals surface area (Å²) in [5.41, 5.74) is 1.53. The van der Waals surface area contributed by atoms with Crippen LogP contribution >= 0.6 is 11.3 Å². The molecule has 2 heterocycles. The van der Waals surface area contributed by atoms with Crippen molar-refractivity contribution >= 4 is 44.1 Å². The van der Waals surface area contributed by atoms with Crippen molar-refractivity contribution < 1.29 is 28.2 Å². The zero-order chi connectivity index (χ0) is 26.4. The fourth-order valence-corrected chi connectivity index (χ4v) is 5.38. The molecule has 0 saturated carbocycles. The number of rotatable bonds is 5. The molecular formula is C28H22F2N2O4S. The van der Waals surface area contributed by atoms with Gasteiger partial charge in [-0.25, -0.2) is 13.8 Å². The third-order valence-corrected chi connectivity index (χ3v) is 6.91. The van der Waals surface area contributed by atoms with Gasteiger partial charge in [0, 0.05) is 11.6 Å². The van der Waals surface area contributed by atoms with E-state index in [1.165, 1.54) is 0 Å². The molecule has 188 valence electrons. The van der Waals surface area contributed by atoms with Gasteiger partial charge < -0.3 is 9.84 Å². The Bertz CT molecular complexity index is 1580. The quantitative estimate of drug-likeness (QED) is 0.190. The fourth-order valence-electron chi connectivity index (χ4n) is 4.35. The minimum Gasteiger partial charge on any atom is -0.507 e. The number of amides is 1. The van der Waals surface area contributed by atoms with Gasteiger partial charge >= 0.3 is 5.91 Å². The van der Waals surface area contributed by atoms with Crippen molar-refractivity contribution in [1.82, 2.24) is 4.98 Å². The van der Waals surface area contributed by atoms with Gasteiger partial charge in [0.2, 0.25) is 0 Å². The maximum Gasteiger partial charge on any atom is 0.301 e. The number of ketones is 1. The van der Waals surface area contributed by atoms with Crippen molar-refractivity contribution in [2.24, 2.45) is 0 Å². The summed E-state index contributed by atoms with van der Waals surface area (Å²) in [6.07, 6.45) is -0.0433. The fraction of sp³-hybridized carbons (Fsp3) is 0.179. The van der Waals surface area contributed by atoms with Gasteiger partial charge in [0.05, 0.1) is 22.4 Å². The summed E-state index contributed by atoms with van der Waals surface area (Å²) < 4.78 is 34.1. The van der Waals surface area contributed by atoms with Gasteiger partial charge in [0.1, 0.15) is 22.8 Å². The van der Waals surface area contributed by atoms with Gasteiger partial charge in [0.25, 0.3) is 5.78 Å². The van der Waals surface area contributed by atoms with Crippen LogP contribution in [-0.4, -0.2) is 27.9 Å². The number of anilines is 1. The number of aliphatic hydroxyl groups is 1. The second-order valence-corrected chi connectivity index (χ2v) is 10.0. The number of nitrogens with zero attached hydrogens (tertiary/aromatic N) is 2. The monoisotopic (exact) mass is 520 g/mol. The number of carbonyl (C=O) groups is 2. The van der Waals surface area contributed by atoms with E-state index in [1.54, 1.807) is 42.5 Å². The van der Waals surface area contributed by atoms with Crippen molar-refractivity contribution in [2.75, 3.05) is 4.90 Å². The van der Waals surface area contributed by atoms with Crippen LogP contribution in [0.15, 0.2) is 66.2 Å². The second-order valence-electron chi connectivity index (χ2n) is 9.01. The van der Waals surface area contributed by atoms with Gasteiger partial charge in [-0.15, -0.1) is 0 Å². The molecule has 1 N–H and O–H groups in total. The van der Waals surface area contributed by atoms with Gasteiger partial charge in [-0.05, 0) is 56.7 Å². The molecule has 1 atom stereocenters. The van der Waals surface area contributed by atoms with Crippen LogP contribution in [0, 0.1) is 18.6 Å². The Morgan fingerprint density at radius 1 is 1.08 bits per heavy atom. The molecule has 1 aliphatic rings. The number of thiazole rings is 1. The number of ether oxygens (including phenoxy) is 1. The first-order valence-corrected chi connectivity index (χ1v) is 12.4. The van der Waals surface area contributed by atoms with Crippen molar-refractivity contribution in [3.8, 4) is 5.75 Å². The van der Waals surface area contributed by atoms with E-state index in [0.29, 0.717) is 22.9 Å². The largest absolute Gasteiger partial charge is 0.507 e. The van der Waals surface area contributed by atoms with E-state index < -0.39 is 29.4 Å². The number of benzene rings is 3. The lowest BCUT2D eigenvalue weighted by Gasteiger charge is -2.23. The number of aliphatic hydroxyl groups excluding tert-OH is 1. The van der Waals surface area contributed by atoms with Gasteiger partial charge in [-0.3, -0.25) is 14.5 Å². The Balaban J connectivity index is 1.68. The van der Waals surface area contributed by atoms with E-state index in [1.807, 2.05) is 26.8 Å². The average molecular weight is 521 g/mol. The topological polar surface area (TPSA) is 79.7 Å². The van der Waals surface area contributed by atoms with E-state index in [0.717, 1.165) is 27.9 Å². The normalized spacial score (nSPS) is 17.2. The Hall–Kier alpha value is -4.11. The summed E-state index contributed by atoms with van der Waals surface area (Å²) in [6, 6.07) is 14.5. The number of fused-ring (bicyclic) bond motifs is 1. The first kappa shape index (κ1) is 24.6. The minimum atomic E-state index is -1.03. The second kappa shape index (κ2) is 9.40. The predicted octanol–water partition coefficient (Wildman–Crippen LogP) is 6.30. The van der Waals surface area contributed by atoms with Crippen molar-refractivity contribution in [3.05, 3.63) is 94.6 Å². The van der Waals surface area contributed by atoms with Crippen LogP contribution in [-0.2, 0) is 9.59 Å². The molecule has 1 aromatic heterocycles. The molecular weight excluding hydrogens is 498 g/mol. The van der Waals surface area contributed by atoms with E-state index in [2.05, 4.69) is 4.98 Å². The molecule has 0 aliphatic carbocycles. The summed E-state index contributed by atoms with van der Waals surface area (Å²) in [6.45, 7) is 5.64. The van der Waals surface area contributed by atoms with Crippen LogP contribution in [0.5, 0.6) is 5.75 Å². The highest BCUT2D eigenvalue weighted by Crippen LogP contribution is 2.44. The molecule has 1 aliphatic heterocycles. The lowest BCUT2D eigenvalue weighted by Crippen LogP contribution is -2.29. The molecule has 6 nitrogen and oxygen atoms in total. The summed E-state index contributed by atoms with van der Waals surface area (Å²) in [4.78, 5) is 32.0. The molecule has 4 aromatic rings. The molecule has 5 rings (SSSR count). The molecule has 0 radical (unpaired) electrons. The van der Waals surface area contributed by atoms with Gasteiger partial charge in [0.15, 0.2) is 10.9 Å². The van der Waals surface area contributed by atoms with Crippen molar-refractivity contribution in [3.63, 3.8) is 0 Å². The highest BCUT2D eigenvalue weighted by atomic mass is 32.1.